The van der Waals surface area contributed by atoms with Gasteiger partial charge in [0.15, 0.2) is 11.4 Å². The molecule has 1 amide bonds. The normalized spacial score (nSPS) is 42.5. The molecule has 0 radical (unpaired) electrons. The minimum atomic E-state index is -3.87. The maximum atomic E-state index is 12.2. The highest BCUT2D eigenvalue weighted by atomic mass is 32.2. The van der Waals surface area contributed by atoms with Gasteiger partial charge < -0.3 is 14.8 Å². The van der Waals surface area contributed by atoms with Crippen molar-refractivity contribution in [2.75, 3.05) is 6.54 Å². The number of hydrogen-bond donors (Lipinski definition) is 1. The topological polar surface area (TPSA) is 108 Å². The number of rotatable bonds is 4. The Bertz CT molecular complexity index is 687. The minimum absolute atomic E-state index is 0.212. The Balaban J connectivity index is 1.73. The van der Waals surface area contributed by atoms with Crippen molar-refractivity contribution in [3.63, 3.8) is 0 Å². The van der Waals surface area contributed by atoms with E-state index >= 15 is 0 Å². The number of carbonyl (C=O) groups is 2. The molecule has 8 nitrogen and oxygen atoms in total. The summed E-state index contributed by atoms with van der Waals surface area (Å²) in [6, 6.07) is 0. The number of carbonyl (C=O) groups excluding carboxylic acids is 2. The fourth-order valence-corrected chi connectivity index (χ4v) is 5.80. The molecule has 3 heterocycles. The van der Waals surface area contributed by atoms with Crippen LogP contribution in [0.1, 0.15) is 20.8 Å². The molecule has 3 saturated heterocycles. The smallest absolute Gasteiger partial charge is 0.325 e. The summed E-state index contributed by atoms with van der Waals surface area (Å²) in [4.78, 5) is 23.3. The van der Waals surface area contributed by atoms with Crippen molar-refractivity contribution < 1.29 is 31.7 Å². The highest BCUT2D eigenvalue weighted by Crippen LogP contribution is 2.57. The highest BCUT2D eigenvalue weighted by molar-refractivity contribution is 7.87. The molecule has 1 N–H and O–H groups in total. The van der Waals surface area contributed by atoms with Crippen LogP contribution in [0, 0.1) is 5.92 Å². The molecule has 0 aromatic heterocycles. The van der Waals surface area contributed by atoms with Crippen LogP contribution in [-0.2, 0) is 33.4 Å². The molecule has 6 unspecified atom stereocenters. The van der Waals surface area contributed by atoms with Gasteiger partial charge in [-0.15, -0.1) is 0 Å². The summed E-state index contributed by atoms with van der Waals surface area (Å²) in [5.41, 5.74) is -0.744. The lowest BCUT2D eigenvalue weighted by molar-refractivity contribution is -0.151. The van der Waals surface area contributed by atoms with E-state index in [4.69, 9.17) is 13.7 Å². The minimum Gasteiger partial charge on any atom is -0.457 e. The first-order chi connectivity index (χ1) is 10.6. The third kappa shape index (κ3) is 2.29. The predicted molar refractivity (Wildman–Crippen MR) is 77.7 cm³/mol. The average molecular weight is 345 g/mol. The van der Waals surface area contributed by atoms with E-state index in [1.165, 1.54) is 6.92 Å². The third-order valence-corrected chi connectivity index (χ3v) is 6.57. The van der Waals surface area contributed by atoms with Crippen LogP contribution in [0.4, 0.5) is 0 Å². The quantitative estimate of drug-likeness (QED) is 0.415. The van der Waals surface area contributed by atoms with Gasteiger partial charge in [0.25, 0.3) is 10.1 Å². The van der Waals surface area contributed by atoms with Crippen molar-refractivity contribution in [2.24, 2.45) is 5.92 Å². The van der Waals surface area contributed by atoms with Crippen LogP contribution >= 0.6 is 0 Å². The van der Waals surface area contributed by atoms with Crippen LogP contribution < -0.4 is 5.32 Å². The van der Waals surface area contributed by atoms with Gasteiger partial charge in [-0.1, -0.05) is 13.5 Å². The van der Waals surface area contributed by atoms with E-state index in [9.17, 15) is 18.0 Å². The molecule has 0 aliphatic carbocycles. The number of hydrogen-bond acceptors (Lipinski definition) is 7. The molecule has 0 saturated carbocycles. The molecule has 3 aliphatic heterocycles. The van der Waals surface area contributed by atoms with Gasteiger partial charge in [-0.2, -0.15) is 8.42 Å². The Hall–Kier alpha value is -1.45. The van der Waals surface area contributed by atoms with Crippen LogP contribution in [-0.4, -0.2) is 56.0 Å². The molecule has 3 fully saturated rings. The first-order valence-corrected chi connectivity index (χ1v) is 8.78. The van der Waals surface area contributed by atoms with Gasteiger partial charge in [0.1, 0.15) is 24.4 Å². The molecule has 0 aromatic rings. The van der Waals surface area contributed by atoms with E-state index < -0.39 is 51.2 Å². The molecule has 0 aromatic carbocycles. The Labute approximate surface area is 134 Å². The lowest BCUT2D eigenvalue weighted by Crippen LogP contribution is -2.52. The predicted octanol–water partition coefficient (Wildman–Crippen LogP) is -0.505. The summed E-state index contributed by atoms with van der Waals surface area (Å²) >= 11 is 0. The second kappa shape index (κ2) is 5.02. The summed E-state index contributed by atoms with van der Waals surface area (Å²) in [5, 5.41) is 1.31. The Morgan fingerprint density at radius 3 is 2.65 bits per heavy atom. The van der Waals surface area contributed by atoms with Gasteiger partial charge in [0.05, 0.1) is 0 Å². The zero-order valence-electron chi connectivity index (χ0n) is 13.1. The van der Waals surface area contributed by atoms with E-state index in [0.29, 0.717) is 0 Å². The van der Waals surface area contributed by atoms with Crippen LogP contribution in [0.3, 0.4) is 0 Å². The molecule has 128 valence electrons. The van der Waals surface area contributed by atoms with Gasteiger partial charge in [0.2, 0.25) is 5.91 Å². The standard InChI is InChI=1S/C14H19NO7S/c1-6(2)13(17)15-5-8(16)20-10-9-7(3)11-14(4,21-9)12(10)23(18,19)22-11/h7,9-12H,1,5H2,2-4H3,(H,15,17). The van der Waals surface area contributed by atoms with Gasteiger partial charge in [-0.05, 0) is 13.8 Å². The van der Waals surface area contributed by atoms with Gasteiger partial charge in [0, 0.05) is 11.5 Å². The second-order valence-electron chi connectivity index (χ2n) is 6.47. The molecule has 3 aliphatic rings. The Morgan fingerprint density at radius 1 is 1.39 bits per heavy atom. The number of ether oxygens (including phenoxy) is 2. The first-order valence-electron chi connectivity index (χ1n) is 7.31. The van der Waals surface area contributed by atoms with Crippen molar-refractivity contribution >= 4 is 22.0 Å². The third-order valence-electron chi connectivity index (χ3n) is 4.74. The summed E-state index contributed by atoms with van der Waals surface area (Å²) in [6.07, 6.45) is -2.03. The van der Waals surface area contributed by atoms with Crippen molar-refractivity contribution in [3.8, 4) is 0 Å². The van der Waals surface area contributed by atoms with Gasteiger partial charge in [-0.3, -0.25) is 13.8 Å². The number of fused-ring (bicyclic) bond motifs is 1. The zero-order chi connectivity index (χ0) is 17.2. The molecular weight excluding hydrogens is 326 g/mol. The van der Waals surface area contributed by atoms with Crippen molar-refractivity contribution in [1.29, 1.82) is 0 Å². The van der Waals surface area contributed by atoms with Crippen LogP contribution in [0.25, 0.3) is 0 Å². The number of nitrogens with one attached hydrogen (secondary N) is 1. The van der Waals surface area contributed by atoms with Crippen molar-refractivity contribution in [2.45, 2.75) is 49.9 Å². The molecule has 9 heteroatoms. The lowest BCUT2D eigenvalue weighted by atomic mass is 9.78. The molecular formula is C14H19NO7S. The average Bonchev–Trinajstić information content (AvgIpc) is 2.92. The molecule has 23 heavy (non-hydrogen) atoms. The molecule has 0 spiro atoms. The van der Waals surface area contributed by atoms with E-state index in [2.05, 4.69) is 11.9 Å². The van der Waals surface area contributed by atoms with Crippen LogP contribution in [0.5, 0.6) is 0 Å². The summed E-state index contributed by atoms with van der Waals surface area (Å²) < 4.78 is 40.7. The van der Waals surface area contributed by atoms with Gasteiger partial charge >= 0.3 is 5.97 Å². The number of esters is 1. The van der Waals surface area contributed by atoms with E-state index in [-0.39, 0.29) is 18.0 Å². The summed E-state index contributed by atoms with van der Waals surface area (Å²) in [5.74, 6) is -1.41. The van der Waals surface area contributed by atoms with Crippen LogP contribution in [0.2, 0.25) is 0 Å². The van der Waals surface area contributed by atoms with E-state index in [1.807, 2.05) is 0 Å². The highest BCUT2D eigenvalue weighted by Gasteiger charge is 2.77. The van der Waals surface area contributed by atoms with Crippen molar-refractivity contribution in [1.82, 2.24) is 5.32 Å². The largest absolute Gasteiger partial charge is 0.457 e. The SMILES string of the molecule is C=C(C)C(=O)NCC(=O)OC1C2OC3(C)C(OS(=O)(=O)C13)C2C. The maximum absolute atomic E-state index is 12.2. The number of amides is 1. The Kier molecular flexibility index (Phi) is 3.58. The lowest BCUT2D eigenvalue weighted by Gasteiger charge is -2.30. The van der Waals surface area contributed by atoms with Crippen LogP contribution in [0.15, 0.2) is 12.2 Å². The summed E-state index contributed by atoms with van der Waals surface area (Å²) in [7, 11) is -3.87. The molecule has 3 rings (SSSR count). The fraction of sp³-hybridized carbons (Fsp3) is 0.714. The zero-order valence-corrected chi connectivity index (χ0v) is 13.9. The van der Waals surface area contributed by atoms with E-state index in [0.717, 1.165) is 0 Å². The van der Waals surface area contributed by atoms with E-state index in [1.54, 1.807) is 13.8 Å². The summed E-state index contributed by atoms with van der Waals surface area (Å²) in [6.45, 7) is 8.08. The fourth-order valence-electron chi connectivity index (χ4n) is 3.72. The first kappa shape index (κ1) is 16.4. The Morgan fingerprint density at radius 2 is 2.04 bits per heavy atom. The van der Waals surface area contributed by atoms with Crippen molar-refractivity contribution in [3.05, 3.63) is 12.2 Å². The maximum Gasteiger partial charge on any atom is 0.325 e. The monoisotopic (exact) mass is 345 g/mol. The second-order valence-corrected chi connectivity index (χ2v) is 8.16. The molecule has 2 bridgehead atoms. The molecule has 6 atom stereocenters. The van der Waals surface area contributed by atoms with Gasteiger partial charge in [-0.25, -0.2) is 0 Å².